The van der Waals surface area contributed by atoms with Crippen molar-refractivity contribution in [3.63, 3.8) is 0 Å². The van der Waals surface area contributed by atoms with Crippen LogP contribution in [0.5, 0.6) is 0 Å². The first-order valence-corrected chi connectivity index (χ1v) is 3.66. The molecule has 0 saturated carbocycles. The van der Waals surface area contributed by atoms with E-state index in [1.54, 1.807) is 13.2 Å². The predicted molar refractivity (Wildman–Crippen MR) is 47.8 cm³/mol. The van der Waals surface area contributed by atoms with E-state index >= 15 is 0 Å². The van der Waals surface area contributed by atoms with Crippen molar-refractivity contribution in [2.75, 3.05) is 20.1 Å². The Morgan fingerprint density at radius 3 is 2.58 bits per heavy atom. The van der Waals surface area contributed by atoms with Gasteiger partial charge in [-0.25, -0.2) is 5.84 Å². The quantitative estimate of drug-likeness (QED) is 0.357. The van der Waals surface area contributed by atoms with Crippen molar-refractivity contribution in [3.05, 3.63) is 11.9 Å². The normalized spacial score (nSPS) is 11.4. The number of rotatable bonds is 5. The second-order valence-electron chi connectivity index (χ2n) is 2.68. The number of Topliss-reactive ketones (excluding diaryl/α,β-unsaturated/α-hetero) is 1. The average molecular weight is 172 g/mol. The van der Waals surface area contributed by atoms with Crippen LogP contribution in [0.1, 0.15) is 6.92 Å². The summed E-state index contributed by atoms with van der Waals surface area (Å²) in [5.74, 6) is 5.39. The summed E-state index contributed by atoms with van der Waals surface area (Å²) < 4.78 is 0. The first-order valence-electron chi connectivity index (χ1n) is 3.66. The fraction of sp³-hybridized carbons (Fsp3) is 0.571. The molecule has 0 amide bonds. The lowest BCUT2D eigenvalue weighted by atomic mass is 10.4. The molecule has 5 N–H and O–H groups in total. The summed E-state index contributed by atoms with van der Waals surface area (Å²) in [6.07, 6.45) is 1.59. The Kier molecular flexibility index (Phi) is 5.07. The molecule has 0 bridgehead atoms. The smallest absolute Gasteiger partial charge is 0.143 e. The molecule has 0 saturated heterocycles. The number of carbonyl (C=O) groups excluding carboxylic acids is 1. The monoisotopic (exact) mass is 172 g/mol. The van der Waals surface area contributed by atoms with Crippen molar-refractivity contribution < 1.29 is 4.79 Å². The van der Waals surface area contributed by atoms with Crippen LogP contribution in [-0.4, -0.2) is 30.9 Å². The zero-order valence-electron chi connectivity index (χ0n) is 7.50. The predicted octanol–water partition coefficient (Wildman–Crippen LogP) is -1.23. The van der Waals surface area contributed by atoms with Gasteiger partial charge in [-0.15, -0.1) is 0 Å². The van der Waals surface area contributed by atoms with E-state index in [1.165, 1.54) is 11.9 Å². The van der Waals surface area contributed by atoms with Gasteiger partial charge in [0.25, 0.3) is 0 Å². The number of nitrogens with two attached hydrogens (primary N) is 2. The highest BCUT2D eigenvalue weighted by atomic mass is 16.1. The fourth-order valence-corrected chi connectivity index (χ4v) is 0.690. The maximum absolute atomic E-state index is 10.5. The SMILES string of the molecule is CC(=O)CNC/C(N)=C/N(C)N. The van der Waals surface area contributed by atoms with Gasteiger partial charge in [0.2, 0.25) is 0 Å². The Bertz CT molecular complexity index is 176. The van der Waals surface area contributed by atoms with Gasteiger partial charge in [0, 0.05) is 25.5 Å². The lowest BCUT2D eigenvalue weighted by Crippen LogP contribution is -2.28. The maximum atomic E-state index is 10.5. The minimum Gasteiger partial charge on any atom is -0.400 e. The third-order valence-electron chi connectivity index (χ3n) is 1.07. The van der Waals surface area contributed by atoms with Crippen molar-refractivity contribution in [1.29, 1.82) is 0 Å². The minimum atomic E-state index is 0.0869. The van der Waals surface area contributed by atoms with Gasteiger partial charge in [0.15, 0.2) is 0 Å². The summed E-state index contributed by atoms with van der Waals surface area (Å²) in [6, 6.07) is 0. The van der Waals surface area contributed by atoms with E-state index in [-0.39, 0.29) is 5.78 Å². The van der Waals surface area contributed by atoms with E-state index in [1.807, 2.05) is 0 Å². The van der Waals surface area contributed by atoms with Crippen LogP contribution in [-0.2, 0) is 4.79 Å². The van der Waals surface area contributed by atoms with Crippen molar-refractivity contribution in [2.24, 2.45) is 11.6 Å². The van der Waals surface area contributed by atoms with Crippen LogP contribution in [0.4, 0.5) is 0 Å². The molecule has 5 nitrogen and oxygen atoms in total. The van der Waals surface area contributed by atoms with E-state index in [0.29, 0.717) is 18.8 Å². The highest BCUT2D eigenvalue weighted by Gasteiger charge is 1.93. The van der Waals surface area contributed by atoms with Crippen LogP contribution < -0.4 is 16.9 Å². The van der Waals surface area contributed by atoms with Gasteiger partial charge >= 0.3 is 0 Å². The topological polar surface area (TPSA) is 84.4 Å². The van der Waals surface area contributed by atoms with Crippen LogP contribution >= 0.6 is 0 Å². The lowest BCUT2D eigenvalue weighted by Gasteiger charge is -2.07. The molecule has 0 atom stereocenters. The van der Waals surface area contributed by atoms with Crippen LogP contribution in [0.2, 0.25) is 0 Å². The van der Waals surface area contributed by atoms with Gasteiger partial charge in [-0.3, -0.25) is 4.79 Å². The molecule has 0 aromatic carbocycles. The van der Waals surface area contributed by atoms with Gasteiger partial charge in [0.1, 0.15) is 5.78 Å². The average Bonchev–Trinajstić information content (AvgIpc) is 1.84. The Labute approximate surface area is 72.4 Å². The second kappa shape index (κ2) is 5.56. The molecule has 0 unspecified atom stereocenters. The zero-order valence-corrected chi connectivity index (χ0v) is 7.50. The van der Waals surface area contributed by atoms with Crippen LogP contribution in [0.3, 0.4) is 0 Å². The number of hydrogen-bond acceptors (Lipinski definition) is 5. The molecule has 70 valence electrons. The summed E-state index contributed by atoms with van der Waals surface area (Å²) in [6.45, 7) is 2.33. The fourth-order valence-electron chi connectivity index (χ4n) is 0.690. The Hall–Kier alpha value is -1.07. The number of nitrogens with one attached hydrogen (secondary N) is 1. The summed E-state index contributed by atoms with van der Waals surface area (Å²) in [7, 11) is 1.68. The Balaban J connectivity index is 3.57. The molecule has 0 aliphatic carbocycles. The van der Waals surface area contributed by atoms with E-state index in [9.17, 15) is 4.79 Å². The summed E-state index contributed by atoms with van der Waals surface area (Å²) >= 11 is 0. The van der Waals surface area contributed by atoms with Gasteiger partial charge in [-0.05, 0) is 6.92 Å². The molecule has 0 fully saturated rings. The zero-order chi connectivity index (χ0) is 9.56. The third kappa shape index (κ3) is 7.04. The van der Waals surface area contributed by atoms with Gasteiger partial charge in [0.05, 0.1) is 6.54 Å². The molecule has 5 heteroatoms. The molecule has 0 rings (SSSR count). The standard InChI is InChI=1S/C7H16N4O/c1-6(12)3-10-4-7(8)5-11(2)9/h5,10H,3-4,8-9H2,1-2H3/b7-5-. The van der Waals surface area contributed by atoms with Crippen molar-refractivity contribution in [3.8, 4) is 0 Å². The number of nitrogens with zero attached hydrogens (tertiary/aromatic N) is 1. The molecule has 0 aromatic rings. The van der Waals surface area contributed by atoms with Gasteiger partial charge in [-0.2, -0.15) is 0 Å². The van der Waals surface area contributed by atoms with E-state index < -0.39 is 0 Å². The molecule has 0 aliphatic rings. The molecular weight excluding hydrogens is 156 g/mol. The Morgan fingerprint density at radius 1 is 1.58 bits per heavy atom. The van der Waals surface area contributed by atoms with Crippen LogP contribution in [0, 0.1) is 0 Å². The summed E-state index contributed by atoms with van der Waals surface area (Å²) in [5, 5.41) is 4.23. The van der Waals surface area contributed by atoms with Crippen LogP contribution in [0.15, 0.2) is 11.9 Å². The summed E-state index contributed by atoms with van der Waals surface area (Å²) in [4.78, 5) is 10.5. The third-order valence-corrected chi connectivity index (χ3v) is 1.07. The molecule has 0 radical (unpaired) electrons. The largest absolute Gasteiger partial charge is 0.400 e. The number of hydrazine groups is 1. The molecule has 0 heterocycles. The van der Waals surface area contributed by atoms with Crippen molar-refractivity contribution >= 4 is 5.78 Å². The highest BCUT2D eigenvalue weighted by Crippen LogP contribution is 1.81. The van der Waals surface area contributed by atoms with E-state index in [4.69, 9.17) is 11.6 Å². The Morgan fingerprint density at radius 2 is 2.17 bits per heavy atom. The number of hydrogen-bond donors (Lipinski definition) is 3. The van der Waals surface area contributed by atoms with Gasteiger partial charge < -0.3 is 16.1 Å². The maximum Gasteiger partial charge on any atom is 0.143 e. The first-order chi connectivity index (χ1) is 5.52. The molecule has 0 aromatic heterocycles. The van der Waals surface area contributed by atoms with Crippen molar-refractivity contribution in [2.45, 2.75) is 6.92 Å². The number of ketones is 1. The molecule has 0 aliphatic heterocycles. The molecular formula is C7H16N4O. The second-order valence-corrected chi connectivity index (χ2v) is 2.68. The highest BCUT2D eigenvalue weighted by molar-refractivity contribution is 5.77. The summed E-state index contributed by atoms with van der Waals surface area (Å²) in [5.41, 5.74) is 6.12. The lowest BCUT2D eigenvalue weighted by molar-refractivity contribution is -0.116. The van der Waals surface area contributed by atoms with E-state index in [2.05, 4.69) is 5.32 Å². The first kappa shape index (κ1) is 10.9. The van der Waals surface area contributed by atoms with Gasteiger partial charge in [-0.1, -0.05) is 0 Å². The number of carbonyl (C=O) groups is 1. The molecule has 0 spiro atoms. The molecule has 12 heavy (non-hydrogen) atoms. The minimum absolute atomic E-state index is 0.0869. The van der Waals surface area contributed by atoms with E-state index in [0.717, 1.165) is 0 Å². The van der Waals surface area contributed by atoms with Crippen LogP contribution in [0.25, 0.3) is 0 Å². The van der Waals surface area contributed by atoms with Crippen molar-refractivity contribution in [1.82, 2.24) is 10.3 Å².